The largest absolute Gasteiger partial charge is 0.352 e. The van der Waals surface area contributed by atoms with E-state index in [1.54, 1.807) is 6.08 Å². The lowest BCUT2D eigenvalue weighted by atomic mass is 9.94. The minimum atomic E-state index is -0.521. The third-order valence-corrected chi connectivity index (χ3v) is 5.26. The Bertz CT molecular complexity index is 887. The highest BCUT2D eigenvalue weighted by atomic mass is 16.2. The number of amides is 4. The fourth-order valence-electron chi connectivity index (χ4n) is 3.77. The Morgan fingerprint density at radius 3 is 2.82 bits per heavy atom. The summed E-state index contributed by atoms with van der Waals surface area (Å²) >= 11 is 0. The predicted octanol–water partition coefficient (Wildman–Crippen LogP) is 1.62. The third-order valence-electron chi connectivity index (χ3n) is 5.26. The van der Waals surface area contributed by atoms with Crippen molar-refractivity contribution in [3.8, 4) is 0 Å². The smallest absolute Gasteiger partial charge is 0.322 e. The molecule has 28 heavy (non-hydrogen) atoms. The first-order chi connectivity index (χ1) is 13.5. The number of nitrogens with one attached hydrogen (secondary N) is 2. The molecule has 2 aliphatic heterocycles. The summed E-state index contributed by atoms with van der Waals surface area (Å²) in [6.07, 6.45) is 3.62. The van der Waals surface area contributed by atoms with Gasteiger partial charge >= 0.3 is 6.03 Å². The lowest BCUT2D eigenvalue weighted by molar-refractivity contribution is -0.132. The summed E-state index contributed by atoms with van der Waals surface area (Å²) in [4.78, 5) is 41.2. The van der Waals surface area contributed by atoms with Crippen LogP contribution in [-0.4, -0.2) is 53.3 Å². The topological polar surface area (TPSA) is 81.8 Å². The SMILES string of the molecule is C=CCN1C(=O)NC(c2cccc(C)c2)C2=C1CN(CC(=O)NC1CC1)C2=O. The van der Waals surface area contributed by atoms with Crippen LogP contribution >= 0.6 is 0 Å². The van der Waals surface area contributed by atoms with Gasteiger partial charge in [0.15, 0.2) is 0 Å². The average Bonchev–Trinajstić information content (AvgIpc) is 3.41. The first-order valence-corrected chi connectivity index (χ1v) is 9.55. The Balaban J connectivity index is 1.64. The van der Waals surface area contributed by atoms with Crippen LogP contribution in [0.4, 0.5) is 4.79 Å². The van der Waals surface area contributed by atoms with Gasteiger partial charge in [0.1, 0.15) is 6.54 Å². The summed E-state index contributed by atoms with van der Waals surface area (Å²) in [5, 5.41) is 5.86. The Morgan fingerprint density at radius 1 is 1.36 bits per heavy atom. The number of hydrogen-bond acceptors (Lipinski definition) is 3. The van der Waals surface area contributed by atoms with Crippen molar-refractivity contribution in [2.45, 2.75) is 31.8 Å². The number of nitrogens with zero attached hydrogens (tertiary/aromatic N) is 2. The van der Waals surface area contributed by atoms with Crippen molar-refractivity contribution >= 4 is 17.8 Å². The van der Waals surface area contributed by atoms with Crippen LogP contribution in [0.25, 0.3) is 0 Å². The molecule has 0 aromatic heterocycles. The lowest BCUT2D eigenvalue weighted by Crippen LogP contribution is -2.47. The van der Waals surface area contributed by atoms with Gasteiger partial charge in [0.2, 0.25) is 5.91 Å². The van der Waals surface area contributed by atoms with Crippen molar-refractivity contribution in [3.63, 3.8) is 0 Å². The van der Waals surface area contributed by atoms with E-state index in [0.29, 0.717) is 17.8 Å². The molecule has 0 saturated heterocycles. The van der Waals surface area contributed by atoms with E-state index in [9.17, 15) is 14.4 Å². The molecule has 2 heterocycles. The normalized spacial score (nSPS) is 21.5. The first kappa shape index (κ1) is 18.3. The molecule has 4 rings (SSSR count). The number of carbonyl (C=O) groups is 3. The number of rotatable bonds is 6. The second-order valence-corrected chi connectivity index (χ2v) is 7.56. The molecule has 146 valence electrons. The van der Waals surface area contributed by atoms with Crippen LogP contribution in [0.2, 0.25) is 0 Å². The van der Waals surface area contributed by atoms with E-state index in [1.807, 2.05) is 31.2 Å². The molecule has 1 aliphatic carbocycles. The quantitative estimate of drug-likeness (QED) is 0.736. The second-order valence-electron chi connectivity index (χ2n) is 7.56. The van der Waals surface area contributed by atoms with E-state index in [0.717, 1.165) is 24.0 Å². The van der Waals surface area contributed by atoms with Crippen LogP contribution in [0.3, 0.4) is 0 Å². The fourth-order valence-corrected chi connectivity index (χ4v) is 3.77. The molecular weight excluding hydrogens is 356 g/mol. The van der Waals surface area contributed by atoms with Crippen molar-refractivity contribution in [1.82, 2.24) is 20.4 Å². The van der Waals surface area contributed by atoms with Crippen LogP contribution in [0, 0.1) is 6.92 Å². The van der Waals surface area contributed by atoms with Gasteiger partial charge in [-0.15, -0.1) is 6.58 Å². The van der Waals surface area contributed by atoms with Gasteiger partial charge in [-0.1, -0.05) is 35.9 Å². The summed E-state index contributed by atoms with van der Waals surface area (Å²) in [6, 6.07) is 7.21. The van der Waals surface area contributed by atoms with Crippen LogP contribution in [0.1, 0.15) is 30.0 Å². The third kappa shape index (κ3) is 3.40. The number of benzene rings is 1. The van der Waals surface area contributed by atoms with E-state index in [-0.39, 0.29) is 37.0 Å². The summed E-state index contributed by atoms with van der Waals surface area (Å²) in [5.41, 5.74) is 3.09. The van der Waals surface area contributed by atoms with E-state index in [4.69, 9.17) is 0 Å². The molecule has 0 radical (unpaired) electrons. The van der Waals surface area contributed by atoms with Gasteiger partial charge in [-0.25, -0.2) is 4.79 Å². The van der Waals surface area contributed by atoms with E-state index in [1.165, 1.54) is 9.80 Å². The molecule has 1 unspecified atom stereocenters. The van der Waals surface area contributed by atoms with Crippen molar-refractivity contribution in [2.24, 2.45) is 0 Å². The Kier molecular flexibility index (Phi) is 4.66. The molecule has 1 saturated carbocycles. The monoisotopic (exact) mass is 380 g/mol. The molecule has 1 aromatic carbocycles. The molecule has 4 amide bonds. The fraction of sp³-hybridized carbons (Fsp3) is 0.381. The van der Waals surface area contributed by atoms with Crippen LogP contribution < -0.4 is 10.6 Å². The molecule has 7 nitrogen and oxygen atoms in total. The molecule has 7 heteroatoms. The molecule has 1 fully saturated rings. The van der Waals surface area contributed by atoms with Crippen LogP contribution in [-0.2, 0) is 9.59 Å². The minimum Gasteiger partial charge on any atom is -0.352 e. The molecule has 2 N–H and O–H groups in total. The zero-order valence-electron chi connectivity index (χ0n) is 15.9. The molecule has 1 atom stereocenters. The lowest BCUT2D eigenvalue weighted by Gasteiger charge is -2.33. The maximum Gasteiger partial charge on any atom is 0.322 e. The highest BCUT2D eigenvalue weighted by Crippen LogP contribution is 2.36. The molecule has 0 bridgehead atoms. The first-order valence-electron chi connectivity index (χ1n) is 9.55. The summed E-state index contributed by atoms with van der Waals surface area (Å²) in [5.74, 6) is -0.362. The zero-order valence-corrected chi connectivity index (χ0v) is 15.9. The average molecular weight is 380 g/mol. The van der Waals surface area contributed by atoms with Crippen molar-refractivity contribution in [3.05, 3.63) is 59.3 Å². The maximum atomic E-state index is 13.2. The van der Waals surface area contributed by atoms with Crippen LogP contribution in [0.15, 0.2) is 48.2 Å². The number of urea groups is 1. The van der Waals surface area contributed by atoms with E-state index >= 15 is 0 Å². The second kappa shape index (κ2) is 7.14. The minimum absolute atomic E-state index is 0.00100. The van der Waals surface area contributed by atoms with Crippen molar-refractivity contribution in [1.29, 1.82) is 0 Å². The molecule has 3 aliphatic rings. The van der Waals surface area contributed by atoms with E-state index in [2.05, 4.69) is 17.2 Å². The van der Waals surface area contributed by atoms with Gasteiger partial charge in [0.25, 0.3) is 5.91 Å². The number of aryl methyl sites for hydroxylation is 1. The summed E-state index contributed by atoms with van der Waals surface area (Å²) in [6.45, 7) is 6.23. The van der Waals surface area contributed by atoms with Crippen molar-refractivity contribution in [2.75, 3.05) is 19.6 Å². The Labute approximate surface area is 164 Å². The van der Waals surface area contributed by atoms with Crippen LogP contribution in [0.5, 0.6) is 0 Å². The Morgan fingerprint density at radius 2 is 2.14 bits per heavy atom. The highest BCUT2D eigenvalue weighted by molar-refractivity contribution is 6.03. The molecule has 1 aromatic rings. The van der Waals surface area contributed by atoms with E-state index < -0.39 is 6.04 Å². The Hall–Kier alpha value is -3.09. The van der Waals surface area contributed by atoms with Gasteiger partial charge in [0, 0.05) is 12.6 Å². The van der Waals surface area contributed by atoms with Gasteiger partial charge in [0.05, 0.1) is 23.9 Å². The number of carbonyl (C=O) groups excluding carboxylic acids is 3. The predicted molar refractivity (Wildman–Crippen MR) is 104 cm³/mol. The summed E-state index contributed by atoms with van der Waals surface area (Å²) in [7, 11) is 0. The summed E-state index contributed by atoms with van der Waals surface area (Å²) < 4.78 is 0. The highest BCUT2D eigenvalue weighted by Gasteiger charge is 2.44. The van der Waals surface area contributed by atoms with Gasteiger partial charge in [-0.2, -0.15) is 0 Å². The maximum absolute atomic E-state index is 13.2. The molecule has 0 spiro atoms. The molecular formula is C21H24N4O3. The zero-order chi connectivity index (χ0) is 19.8. The van der Waals surface area contributed by atoms with Gasteiger partial charge in [-0.3, -0.25) is 14.5 Å². The number of hydrogen-bond donors (Lipinski definition) is 2. The van der Waals surface area contributed by atoms with Crippen molar-refractivity contribution < 1.29 is 14.4 Å². The standard InChI is InChI=1S/C21H24N4O3/c1-3-9-25-16-11-24(12-17(26)22-15-7-8-15)20(27)18(16)19(23-21(25)28)14-6-4-5-13(2)10-14/h3-6,10,15,19H,1,7-9,11-12H2,2H3,(H,22,26)(H,23,28). The van der Waals surface area contributed by atoms with Gasteiger partial charge in [-0.05, 0) is 25.3 Å². The van der Waals surface area contributed by atoms with Gasteiger partial charge < -0.3 is 15.5 Å².